The third kappa shape index (κ3) is 5.98. The third-order valence-corrected chi connectivity index (χ3v) is 2.90. The Kier molecular flexibility index (Phi) is 5.21. The fraction of sp³-hybridized carbons (Fsp3) is 0.278. The molecule has 0 radical (unpaired) electrons. The molecule has 0 saturated carbocycles. The van der Waals surface area contributed by atoms with E-state index in [1.807, 2.05) is 20.8 Å². The van der Waals surface area contributed by atoms with Crippen LogP contribution >= 0.6 is 0 Å². The Morgan fingerprint density at radius 2 is 1.83 bits per heavy atom. The van der Waals surface area contributed by atoms with E-state index in [2.05, 4.69) is 10.6 Å². The first kappa shape index (κ1) is 16.8. The fourth-order valence-corrected chi connectivity index (χ4v) is 1.91. The zero-order chi connectivity index (χ0) is 16.9. The highest BCUT2D eigenvalue weighted by molar-refractivity contribution is 5.89. The van der Waals surface area contributed by atoms with E-state index >= 15 is 0 Å². The van der Waals surface area contributed by atoms with Gasteiger partial charge in [-0.15, -0.1) is 0 Å². The first-order chi connectivity index (χ1) is 10.8. The minimum atomic E-state index is -0.305. The Hall–Kier alpha value is -2.56. The second-order valence-corrected chi connectivity index (χ2v) is 6.27. The number of amides is 2. The number of nitrogens with one attached hydrogen (secondary N) is 2. The van der Waals surface area contributed by atoms with Gasteiger partial charge in [-0.25, -0.2) is 9.18 Å². The summed E-state index contributed by atoms with van der Waals surface area (Å²) in [7, 11) is 0. The van der Waals surface area contributed by atoms with Crippen molar-refractivity contribution in [1.82, 2.24) is 5.32 Å². The summed E-state index contributed by atoms with van der Waals surface area (Å²) >= 11 is 0. The molecule has 0 atom stereocenters. The van der Waals surface area contributed by atoms with Gasteiger partial charge in [0.1, 0.15) is 18.2 Å². The number of hydrogen-bond acceptors (Lipinski definition) is 2. The largest absolute Gasteiger partial charge is 0.489 e. The van der Waals surface area contributed by atoms with Gasteiger partial charge in [-0.05, 0) is 50.6 Å². The van der Waals surface area contributed by atoms with Crippen molar-refractivity contribution in [2.24, 2.45) is 0 Å². The van der Waals surface area contributed by atoms with Gasteiger partial charge < -0.3 is 15.4 Å². The smallest absolute Gasteiger partial charge is 0.319 e. The monoisotopic (exact) mass is 316 g/mol. The molecule has 0 aliphatic rings. The fourth-order valence-electron chi connectivity index (χ4n) is 1.91. The molecule has 2 aromatic carbocycles. The van der Waals surface area contributed by atoms with Gasteiger partial charge in [-0.3, -0.25) is 0 Å². The zero-order valence-electron chi connectivity index (χ0n) is 13.5. The van der Waals surface area contributed by atoms with Crippen LogP contribution in [0.4, 0.5) is 14.9 Å². The standard InChI is InChI=1S/C18H21FN2O2/c1-18(2,3)21-17(22)20-15-5-4-6-16(11-15)23-12-13-7-9-14(19)10-8-13/h4-11H,12H2,1-3H3,(H2,20,21,22). The van der Waals surface area contributed by atoms with E-state index in [-0.39, 0.29) is 17.4 Å². The number of rotatable bonds is 4. The lowest BCUT2D eigenvalue weighted by molar-refractivity contribution is 0.244. The van der Waals surface area contributed by atoms with Crippen LogP contribution in [0.1, 0.15) is 26.3 Å². The van der Waals surface area contributed by atoms with Crippen LogP contribution in [0.2, 0.25) is 0 Å². The van der Waals surface area contributed by atoms with Gasteiger partial charge in [0.05, 0.1) is 0 Å². The summed E-state index contributed by atoms with van der Waals surface area (Å²) in [6, 6.07) is 13.0. The molecule has 0 unspecified atom stereocenters. The molecule has 0 heterocycles. The molecule has 0 spiro atoms. The Morgan fingerprint density at radius 1 is 1.13 bits per heavy atom. The third-order valence-electron chi connectivity index (χ3n) is 2.90. The van der Waals surface area contributed by atoms with Gasteiger partial charge in [-0.1, -0.05) is 18.2 Å². The van der Waals surface area contributed by atoms with Crippen LogP contribution < -0.4 is 15.4 Å². The van der Waals surface area contributed by atoms with E-state index in [9.17, 15) is 9.18 Å². The number of benzene rings is 2. The molecular weight excluding hydrogens is 295 g/mol. The Labute approximate surface area is 135 Å². The summed E-state index contributed by atoms with van der Waals surface area (Å²) in [5, 5.41) is 5.59. The van der Waals surface area contributed by atoms with Crippen LogP contribution in [0.15, 0.2) is 48.5 Å². The summed E-state index contributed by atoms with van der Waals surface area (Å²) in [5.41, 5.74) is 1.21. The van der Waals surface area contributed by atoms with Crippen molar-refractivity contribution >= 4 is 11.7 Å². The van der Waals surface area contributed by atoms with Crippen LogP contribution in [-0.2, 0) is 6.61 Å². The van der Waals surface area contributed by atoms with Gasteiger partial charge in [-0.2, -0.15) is 0 Å². The van der Waals surface area contributed by atoms with Gasteiger partial charge in [0, 0.05) is 17.3 Å². The SMILES string of the molecule is CC(C)(C)NC(=O)Nc1cccc(OCc2ccc(F)cc2)c1. The van der Waals surface area contributed by atoms with Crippen molar-refractivity contribution in [2.45, 2.75) is 32.9 Å². The lowest BCUT2D eigenvalue weighted by Crippen LogP contribution is -2.43. The van der Waals surface area contributed by atoms with E-state index in [4.69, 9.17) is 4.74 Å². The second kappa shape index (κ2) is 7.13. The molecule has 23 heavy (non-hydrogen) atoms. The number of hydrogen-bond donors (Lipinski definition) is 2. The molecule has 0 aliphatic heterocycles. The quantitative estimate of drug-likeness (QED) is 0.882. The lowest BCUT2D eigenvalue weighted by atomic mass is 10.1. The maximum absolute atomic E-state index is 12.9. The Morgan fingerprint density at radius 3 is 2.48 bits per heavy atom. The summed E-state index contributed by atoms with van der Waals surface area (Å²) in [4.78, 5) is 11.9. The van der Waals surface area contributed by atoms with E-state index in [0.29, 0.717) is 18.0 Å². The topological polar surface area (TPSA) is 50.4 Å². The molecule has 0 aliphatic carbocycles. The molecule has 0 fully saturated rings. The first-order valence-electron chi connectivity index (χ1n) is 7.38. The normalized spacial score (nSPS) is 11.0. The van der Waals surface area contributed by atoms with Crippen molar-refractivity contribution in [3.05, 3.63) is 59.9 Å². The van der Waals surface area contributed by atoms with Gasteiger partial charge in [0.15, 0.2) is 0 Å². The molecule has 2 amide bonds. The molecule has 0 aromatic heterocycles. The summed E-state index contributed by atoms with van der Waals surface area (Å²) in [5.74, 6) is 0.354. The molecule has 0 bridgehead atoms. The van der Waals surface area contributed by atoms with Gasteiger partial charge in [0.25, 0.3) is 0 Å². The molecule has 2 aromatic rings. The van der Waals surface area contributed by atoms with Crippen LogP contribution in [-0.4, -0.2) is 11.6 Å². The Balaban J connectivity index is 1.94. The maximum atomic E-state index is 12.9. The molecule has 2 N–H and O–H groups in total. The predicted molar refractivity (Wildman–Crippen MR) is 89.1 cm³/mol. The lowest BCUT2D eigenvalue weighted by Gasteiger charge is -2.20. The summed E-state index contributed by atoms with van der Waals surface area (Å²) in [6.07, 6.45) is 0. The van der Waals surface area contributed by atoms with Crippen molar-refractivity contribution < 1.29 is 13.9 Å². The number of anilines is 1. The van der Waals surface area contributed by atoms with Crippen LogP contribution in [0, 0.1) is 5.82 Å². The molecule has 122 valence electrons. The molecule has 4 nitrogen and oxygen atoms in total. The van der Waals surface area contributed by atoms with E-state index in [0.717, 1.165) is 5.56 Å². The second-order valence-electron chi connectivity index (χ2n) is 6.27. The van der Waals surface area contributed by atoms with E-state index in [1.165, 1.54) is 12.1 Å². The number of ether oxygens (including phenoxy) is 1. The highest BCUT2D eigenvalue weighted by Crippen LogP contribution is 2.19. The van der Waals surface area contributed by atoms with E-state index in [1.54, 1.807) is 36.4 Å². The van der Waals surface area contributed by atoms with Crippen molar-refractivity contribution in [1.29, 1.82) is 0 Å². The molecule has 5 heteroatoms. The van der Waals surface area contributed by atoms with Crippen molar-refractivity contribution in [2.75, 3.05) is 5.32 Å². The van der Waals surface area contributed by atoms with Crippen LogP contribution in [0.5, 0.6) is 5.75 Å². The van der Waals surface area contributed by atoms with Crippen LogP contribution in [0.25, 0.3) is 0 Å². The molecular formula is C18H21FN2O2. The first-order valence-corrected chi connectivity index (χ1v) is 7.38. The van der Waals surface area contributed by atoms with Gasteiger partial charge >= 0.3 is 6.03 Å². The zero-order valence-corrected chi connectivity index (χ0v) is 13.5. The number of halogens is 1. The minimum absolute atomic E-state index is 0.270. The van der Waals surface area contributed by atoms with Crippen molar-refractivity contribution in [3.8, 4) is 5.75 Å². The van der Waals surface area contributed by atoms with E-state index < -0.39 is 0 Å². The highest BCUT2D eigenvalue weighted by Gasteiger charge is 2.13. The van der Waals surface area contributed by atoms with Gasteiger partial charge in [0.2, 0.25) is 0 Å². The minimum Gasteiger partial charge on any atom is -0.489 e. The number of carbonyl (C=O) groups is 1. The number of urea groups is 1. The van der Waals surface area contributed by atoms with Crippen LogP contribution in [0.3, 0.4) is 0 Å². The highest BCUT2D eigenvalue weighted by atomic mass is 19.1. The summed E-state index contributed by atoms with van der Waals surface area (Å²) in [6.45, 7) is 6.07. The maximum Gasteiger partial charge on any atom is 0.319 e. The average molecular weight is 316 g/mol. The molecule has 0 saturated heterocycles. The summed E-state index contributed by atoms with van der Waals surface area (Å²) < 4.78 is 18.5. The number of carbonyl (C=O) groups excluding carboxylic acids is 1. The predicted octanol–water partition coefficient (Wildman–Crippen LogP) is 4.32. The molecule has 2 rings (SSSR count). The average Bonchev–Trinajstić information content (AvgIpc) is 2.45. The van der Waals surface area contributed by atoms with Crippen molar-refractivity contribution in [3.63, 3.8) is 0 Å². The Bertz CT molecular complexity index is 663.